The summed E-state index contributed by atoms with van der Waals surface area (Å²) in [5.74, 6) is 1.11. The number of nitrogens with zero attached hydrogens (tertiary/aromatic N) is 4. The topological polar surface area (TPSA) is 92.2 Å². The molecule has 0 aliphatic carbocycles. The highest BCUT2D eigenvalue weighted by Gasteiger charge is 2.34. The van der Waals surface area contributed by atoms with Crippen molar-refractivity contribution in [3.63, 3.8) is 0 Å². The van der Waals surface area contributed by atoms with Crippen molar-refractivity contribution in [1.82, 2.24) is 14.8 Å². The number of aryl methyl sites for hydroxylation is 3. The van der Waals surface area contributed by atoms with Crippen LogP contribution in [0.2, 0.25) is 0 Å². The minimum atomic E-state index is -0.361. The first-order valence-electron chi connectivity index (χ1n) is 9.83. The lowest BCUT2D eigenvalue weighted by Crippen LogP contribution is -2.34. The molecular weight excluding hydrogens is 380 g/mol. The Kier molecular flexibility index (Phi) is 5.22. The van der Waals surface area contributed by atoms with Crippen LogP contribution < -0.4 is 15.5 Å². The first-order valence-corrected chi connectivity index (χ1v) is 9.83. The third-order valence-corrected chi connectivity index (χ3v) is 5.12. The molecule has 0 spiro atoms. The number of carbonyl (C=O) groups excluding carboxylic acids is 2. The molecular formula is C22H24N6O2. The summed E-state index contributed by atoms with van der Waals surface area (Å²) in [6.07, 6.45) is 2.17. The van der Waals surface area contributed by atoms with E-state index in [1.54, 1.807) is 21.7 Å². The van der Waals surface area contributed by atoms with Crippen LogP contribution in [0.25, 0.3) is 0 Å². The Morgan fingerprint density at radius 2 is 1.90 bits per heavy atom. The van der Waals surface area contributed by atoms with Crippen LogP contribution in [0.4, 0.5) is 17.3 Å². The molecule has 2 aromatic heterocycles. The smallest absolute Gasteiger partial charge is 0.257 e. The second-order valence-corrected chi connectivity index (χ2v) is 7.50. The average molecular weight is 404 g/mol. The van der Waals surface area contributed by atoms with Crippen molar-refractivity contribution in [2.75, 3.05) is 22.1 Å². The van der Waals surface area contributed by atoms with E-state index >= 15 is 0 Å². The summed E-state index contributed by atoms with van der Waals surface area (Å²) >= 11 is 0. The fourth-order valence-corrected chi connectivity index (χ4v) is 3.52. The van der Waals surface area contributed by atoms with E-state index < -0.39 is 0 Å². The van der Waals surface area contributed by atoms with E-state index in [-0.39, 0.29) is 17.9 Å². The van der Waals surface area contributed by atoms with Crippen LogP contribution in [0.3, 0.4) is 0 Å². The van der Waals surface area contributed by atoms with Gasteiger partial charge in [-0.25, -0.2) is 4.98 Å². The minimum Gasteiger partial charge on any atom is -0.358 e. The van der Waals surface area contributed by atoms with Crippen LogP contribution in [0.15, 0.2) is 48.7 Å². The molecule has 1 aliphatic rings. The maximum absolute atomic E-state index is 12.8. The number of aromatic nitrogens is 3. The first kappa shape index (κ1) is 19.6. The Morgan fingerprint density at radius 3 is 2.53 bits per heavy atom. The van der Waals surface area contributed by atoms with E-state index in [1.807, 2.05) is 51.2 Å². The third kappa shape index (κ3) is 4.03. The van der Waals surface area contributed by atoms with E-state index in [1.165, 1.54) is 6.20 Å². The predicted molar refractivity (Wildman–Crippen MR) is 116 cm³/mol. The number of benzene rings is 1. The van der Waals surface area contributed by atoms with Crippen molar-refractivity contribution >= 4 is 29.1 Å². The number of hydrogen-bond donors (Lipinski definition) is 2. The van der Waals surface area contributed by atoms with Gasteiger partial charge in [0.25, 0.3) is 11.8 Å². The van der Waals surface area contributed by atoms with Gasteiger partial charge in [-0.3, -0.25) is 19.2 Å². The Morgan fingerprint density at radius 1 is 1.13 bits per heavy atom. The van der Waals surface area contributed by atoms with Gasteiger partial charge in [0.2, 0.25) is 0 Å². The summed E-state index contributed by atoms with van der Waals surface area (Å²) in [7, 11) is 1.83. The summed E-state index contributed by atoms with van der Waals surface area (Å²) in [6, 6.07) is 12.6. The first-order chi connectivity index (χ1) is 14.4. The van der Waals surface area contributed by atoms with Crippen LogP contribution in [0, 0.1) is 13.8 Å². The van der Waals surface area contributed by atoms with Gasteiger partial charge in [0.1, 0.15) is 17.7 Å². The molecule has 154 valence electrons. The number of anilines is 3. The Balaban J connectivity index is 1.39. The van der Waals surface area contributed by atoms with Crippen LogP contribution in [0.1, 0.15) is 28.0 Å². The van der Waals surface area contributed by atoms with Crippen LogP contribution >= 0.6 is 0 Å². The zero-order valence-electron chi connectivity index (χ0n) is 17.2. The summed E-state index contributed by atoms with van der Waals surface area (Å²) in [4.78, 5) is 31.3. The highest BCUT2D eigenvalue weighted by Crippen LogP contribution is 2.23. The molecule has 1 fully saturated rings. The average Bonchev–Trinajstić information content (AvgIpc) is 3.25. The SMILES string of the molecule is Cc1ccc(NC(=O)c2ccc(NC3CCN(c4cc(C)nn4C)C3=O)nc2)cc1. The van der Waals surface area contributed by atoms with Crippen LogP contribution in [0.5, 0.6) is 0 Å². The van der Waals surface area contributed by atoms with E-state index in [9.17, 15) is 9.59 Å². The van der Waals surface area contributed by atoms with Gasteiger partial charge >= 0.3 is 0 Å². The molecule has 1 aliphatic heterocycles. The minimum absolute atomic E-state index is 0.0130. The second-order valence-electron chi connectivity index (χ2n) is 7.50. The predicted octanol–water partition coefficient (Wildman–Crippen LogP) is 2.90. The lowest BCUT2D eigenvalue weighted by molar-refractivity contribution is -0.117. The Bertz CT molecular complexity index is 1070. The molecule has 1 aromatic carbocycles. The molecule has 8 heteroatoms. The van der Waals surface area contributed by atoms with E-state index in [0.717, 1.165) is 22.8 Å². The van der Waals surface area contributed by atoms with Gasteiger partial charge in [0.15, 0.2) is 0 Å². The van der Waals surface area contributed by atoms with Gasteiger partial charge in [-0.15, -0.1) is 0 Å². The maximum atomic E-state index is 12.8. The molecule has 1 saturated heterocycles. The Labute approximate surface area is 174 Å². The zero-order chi connectivity index (χ0) is 21.3. The number of hydrogen-bond acceptors (Lipinski definition) is 5. The van der Waals surface area contributed by atoms with Gasteiger partial charge in [-0.05, 0) is 44.5 Å². The molecule has 8 nitrogen and oxygen atoms in total. The second kappa shape index (κ2) is 7.98. The van der Waals surface area contributed by atoms with Crippen LogP contribution in [-0.4, -0.2) is 39.2 Å². The molecule has 4 rings (SSSR count). The highest BCUT2D eigenvalue weighted by molar-refractivity contribution is 6.04. The van der Waals surface area contributed by atoms with Crippen molar-refractivity contribution in [1.29, 1.82) is 0 Å². The third-order valence-electron chi connectivity index (χ3n) is 5.12. The van der Waals surface area contributed by atoms with Crippen LogP contribution in [-0.2, 0) is 11.8 Å². The summed E-state index contributed by atoms with van der Waals surface area (Å²) in [5.41, 5.74) is 3.18. The monoisotopic (exact) mass is 404 g/mol. The van der Waals surface area contributed by atoms with E-state index in [2.05, 4.69) is 20.7 Å². The molecule has 3 aromatic rings. The molecule has 2 N–H and O–H groups in total. The quantitative estimate of drug-likeness (QED) is 0.682. The standard InChI is InChI=1S/C22H24N6O2/c1-14-4-7-17(8-5-14)24-21(29)16-6-9-19(23-13-16)25-18-10-11-28(22(18)30)20-12-15(2)26-27(20)3/h4-9,12-13,18H,10-11H2,1-3H3,(H,23,25)(H,24,29). The van der Waals surface area contributed by atoms with Crippen molar-refractivity contribution in [2.24, 2.45) is 7.05 Å². The van der Waals surface area contributed by atoms with Gasteiger partial charge in [-0.1, -0.05) is 17.7 Å². The zero-order valence-corrected chi connectivity index (χ0v) is 17.2. The summed E-state index contributed by atoms with van der Waals surface area (Å²) in [5, 5.41) is 10.3. The molecule has 0 radical (unpaired) electrons. The number of pyridine rings is 1. The normalized spacial score (nSPS) is 16.0. The van der Waals surface area contributed by atoms with Crippen molar-refractivity contribution in [2.45, 2.75) is 26.3 Å². The number of nitrogens with one attached hydrogen (secondary N) is 2. The molecule has 2 amide bonds. The molecule has 0 saturated carbocycles. The van der Waals surface area contributed by atoms with Gasteiger partial charge in [-0.2, -0.15) is 5.10 Å². The lowest BCUT2D eigenvalue weighted by atomic mass is 10.2. The van der Waals surface area contributed by atoms with E-state index in [4.69, 9.17) is 0 Å². The van der Waals surface area contributed by atoms with Gasteiger partial charge < -0.3 is 10.6 Å². The van der Waals surface area contributed by atoms with E-state index in [0.29, 0.717) is 24.3 Å². The molecule has 0 bridgehead atoms. The molecule has 30 heavy (non-hydrogen) atoms. The number of carbonyl (C=O) groups is 2. The molecule has 1 atom stereocenters. The van der Waals surface area contributed by atoms with Gasteiger partial charge in [0, 0.05) is 31.5 Å². The lowest BCUT2D eigenvalue weighted by Gasteiger charge is -2.17. The number of rotatable bonds is 5. The fraction of sp³-hybridized carbons (Fsp3) is 0.273. The highest BCUT2D eigenvalue weighted by atomic mass is 16.2. The van der Waals surface area contributed by atoms with Crippen molar-refractivity contribution in [3.8, 4) is 0 Å². The summed E-state index contributed by atoms with van der Waals surface area (Å²) in [6.45, 7) is 4.51. The van der Waals surface area contributed by atoms with Crippen molar-refractivity contribution in [3.05, 3.63) is 65.5 Å². The summed E-state index contributed by atoms with van der Waals surface area (Å²) < 4.78 is 1.72. The Hall–Kier alpha value is -3.68. The fourth-order valence-electron chi connectivity index (χ4n) is 3.52. The number of amides is 2. The van der Waals surface area contributed by atoms with Gasteiger partial charge in [0.05, 0.1) is 11.3 Å². The molecule has 3 heterocycles. The maximum Gasteiger partial charge on any atom is 0.257 e. The largest absolute Gasteiger partial charge is 0.358 e. The van der Waals surface area contributed by atoms with Crippen molar-refractivity contribution < 1.29 is 9.59 Å². The molecule has 1 unspecified atom stereocenters.